The van der Waals surface area contributed by atoms with E-state index in [0.29, 0.717) is 6.10 Å². The highest BCUT2D eigenvalue weighted by atomic mass is 127. The van der Waals surface area contributed by atoms with Crippen molar-refractivity contribution in [2.24, 2.45) is 11.7 Å². The van der Waals surface area contributed by atoms with Gasteiger partial charge in [-0.05, 0) is 78.8 Å². The third-order valence-corrected chi connectivity index (χ3v) is 4.36. The summed E-state index contributed by atoms with van der Waals surface area (Å²) < 4.78 is 6.86. The molecule has 100 valence electrons. The molecule has 0 bridgehead atoms. The van der Waals surface area contributed by atoms with E-state index < -0.39 is 0 Å². The van der Waals surface area contributed by atoms with E-state index in [1.807, 2.05) is 0 Å². The molecule has 2 N–H and O–H groups in total. The first-order valence-corrected chi connectivity index (χ1v) is 7.87. The van der Waals surface area contributed by atoms with Gasteiger partial charge in [0.15, 0.2) is 0 Å². The van der Waals surface area contributed by atoms with Crippen molar-refractivity contribution >= 4 is 22.6 Å². The lowest BCUT2D eigenvalue weighted by Crippen LogP contribution is -2.36. The number of halogens is 1. The van der Waals surface area contributed by atoms with Crippen LogP contribution in [0.2, 0.25) is 0 Å². The summed E-state index contributed by atoms with van der Waals surface area (Å²) in [7, 11) is 0. The lowest BCUT2D eigenvalue weighted by Gasteiger charge is -2.36. The van der Waals surface area contributed by atoms with Gasteiger partial charge in [0.1, 0.15) is 0 Å². The third-order valence-electron chi connectivity index (χ3n) is 3.64. The number of benzene rings is 1. The molecular weight excluding hydrogens is 337 g/mol. The smallest absolute Gasteiger partial charge is 0.0580 e. The van der Waals surface area contributed by atoms with Crippen LogP contribution in [0.5, 0.6) is 0 Å². The van der Waals surface area contributed by atoms with Gasteiger partial charge in [-0.3, -0.25) is 0 Å². The molecule has 3 heteroatoms. The first kappa shape index (κ1) is 14.3. The normalized spacial score (nSPS) is 24.6. The van der Waals surface area contributed by atoms with Crippen LogP contribution in [-0.2, 0) is 11.2 Å². The van der Waals surface area contributed by atoms with E-state index in [0.717, 1.165) is 25.4 Å². The minimum Gasteiger partial charge on any atom is -0.378 e. The predicted octanol–water partition coefficient (Wildman–Crippen LogP) is 3.37. The van der Waals surface area contributed by atoms with Crippen LogP contribution < -0.4 is 5.73 Å². The molecule has 0 aromatic heterocycles. The zero-order valence-electron chi connectivity index (χ0n) is 10.9. The second kappa shape index (κ2) is 6.87. The first-order valence-electron chi connectivity index (χ1n) is 6.79. The van der Waals surface area contributed by atoms with Crippen LogP contribution in [0.4, 0.5) is 0 Å². The first-order chi connectivity index (χ1) is 8.67. The summed E-state index contributed by atoms with van der Waals surface area (Å²) in [6.07, 6.45) is 5.04. The quantitative estimate of drug-likeness (QED) is 0.791. The van der Waals surface area contributed by atoms with Gasteiger partial charge in [-0.15, -0.1) is 0 Å². The van der Waals surface area contributed by atoms with Crippen LogP contribution >= 0.6 is 22.6 Å². The number of hydrogen-bond acceptors (Lipinski definition) is 2. The van der Waals surface area contributed by atoms with Crippen molar-refractivity contribution in [1.82, 2.24) is 0 Å². The molecule has 1 aliphatic carbocycles. The van der Waals surface area contributed by atoms with Crippen molar-refractivity contribution in [3.05, 3.63) is 33.4 Å². The molecule has 0 amide bonds. The van der Waals surface area contributed by atoms with E-state index >= 15 is 0 Å². The molecule has 1 unspecified atom stereocenters. The van der Waals surface area contributed by atoms with Gasteiger partial charge >= 0.3 is 0 Å². The van der Waals surface area contributed by atoms with Crippen LogP contribution in [0.25, 0.3) is 0 Å². The van der Waals surface area contributed by atoms with Crippen LogP contribution in [-0.4, -0.2) is 18.8 Å². The van der Waals surface area contributed by atoms with Crippen LogP contribution in [0, 0.1) is 9.49 Å². The summed E-state index contributed by atoms with van der Waals surface area (Å²) in [6, 6.07) is 8.96. The minimum absolute atomic E-state index is 0.289. The summed E-state index contributed by atoms with van der Waals surface area (Å²) in [5, 5.41) is 0. The fourth-order valence-electron chi connectivity index (χ4n) is 2.67. The molecule has 18 heavy (non-hydrogen) atoms. The molecule has 0 heterocycles. The predicted molar refractivity (Wildman–Crippen MR) is 83.6 cm³/mol. The van der Waals surface area contributed by atoms with Crippen molar-refractivity contribution in [3.63, 3.8) is 0 Å². The Labute approximate surface area is 123 Å². The fraction of sp³-hybridized carbons (Fsp3) is 0.600. The maximum absolute atomic E-state index is 6.23. The molecule has 2 nitrogen and oxygen atoms in total. The Kier molecular flexibility index (Phi) is 5.45. The van der Waals surface area contributed by atoms with Crippen LogP contribution in [0.15, 0.2) is 24.3 Å². The van der Waals surface area contributed by atoms with Gasteiger partial charge in [0, 0.05) is 16.2 Å². The van der Waals surface area contributed by atoms with Crippen molar-refractivity contribution in [2.75, 3.05) is 6.61 Å². The van der Waals surface area contributed by atoms with E-state index in [1.165, 1.54) is 22.0 Å². The summed E-state index contributed by atoms with van der Waals surface area (Å²) in [6.45, 7) is 2.90. The van der Waals surface area contributed by atoms with Gasteiger partial charge < -0.3 is 10.5 Å². The van der Waals surface area contributed by atoms with E-state index in [4.69, 9.17) is 10.5 Å². The van der Waals surface area contributed by atoms with Crippen molar-refractivity contribution in [2.45, 2.75) is 44.8 Å². The molecule has 1 saturated carbocycles. The zero-order chi connectivity index (χ0) is 13.0. The Morgan fingerprint density at radius 2 is 2.00 bits per heavy atom. The molecule has 0 spiro atoms. The molecule has 0 saturated heterocycles. The Bertz CT molecular complexity index is 359. The molecular formula is C15H22INO. The summed E-state index contributed by atoms with van der Waals surface area (Å²) in [4.78, 5) is 0. The molecule has 1 aromatic rings. The Balaban J connectivity index is 1.70. The molecule has 0 radical (unpaired) electrons. The lowest BCUT2D eigenvalue weighted by atomic mass is 9.77. The number of ether oxygens (including phenoxy) is 1. The van der Waals surface area contributed by atoms with Crippen molar-refractivity contribution in [1.29, 1.82) is 0 Å². The second-order valence-corrected chi connectivity index (χ2v) is 6.49. The largest absolute Gasteiger partial charge is 0.378 e. The Morgan fingerprint density at radius 3 is 2.61 bits per heavy atom. The maximum atomic E-state index is 6.23. The lowest BCUT2D eigenvalue weighted by molar-refractivity contribution is -0.0280. The molecule has 1 aliphatic rings. The summed E-state index contributed by atoms with van der Waals surface area (Å²) in [5.74, 6) is 0.778. The molecule has 1 aromatic carbocycles. The van der Waals surface area contributed by atoms with Gasteiger partial charge in [-0.2, -0.15) is 0 Å². The van der Waals surface area contributed by atoms with E-state index in [2.05, 4.69) is 53.8 Å². The molecule has 1 atom stereocenters. The van der Waals surface area contributed by atoms with Gasteiger partial charge in [-0.25, -0.2) is 0 Å². The zero-order valence-corrected chi connectivity index (χ0v) is 13.1. The second-order valence-electron chi connectivity index (χ2n) is 5.24. The minimum atomic E-state index is 0.289. The fourth-order valence-corrected chi connectivity index (χ4v) is 3.03. The molecule has 0 aliphatic heterocycles. The molecule has 1 fully saturated rings. The highest BCUT2D eigenvalue weighted by Crippen LogP contribution is 2.33. The van der Waals surface area contributed by atoms with Gasteiger partial charge in [-0.1, -0.05) is 12.1 Å². The highest BCUT2D eigenvalue weighted by Gasteiger charge is 2.30. The molecule has 2 rings (SSSR count). The number of hydrogen-bond donors (Lipinski definition) is 1. The average Bonchev–Trinajstić information content (AvgIpc) is 2.29. The maximum Gasteiger partial charge on any atom is 0.0580 e. The Hall–Kier alpha value is -0.130. The summed E-state index contributed by atoms with van der Waals surface area (Å²) >= 11 is 2.33. The van der Waals surface area contributed by atoms with Crippen molar-refractivity contribution < 1.29 is 4.74 Å². The van der Waals surface area contributed by atoms with Gasteiger partial charge in [0.05, 0.1) is 6.10 Å². The van der Waals surface area contributed by atoms with Crippen LogP contribution in [0.1, 0.15) is 31.7 Å². The van der Waals surface area contributed by atoms with Gasteiger partial charge in [0.25, 0.3) is 0 Å². The van der Waals surface area contributed by atoms with Gasteiger partial charge in [0.2, 0.25) is 0 Å². The average molecular weight is 359 g/mol. The topological polar surface area (TPSA) is 35.2 Å². The van der Waals surface area contributed by atoms with Crippen LogP contribution in [0.3, 0.4) is 0 Å². The number of nitrogens with two attached hydrogens (primary N) is 1. The number of rotatable bonds is 6. The SMILES string of the molecule is CCOC1CC(CC(N)Cc2ccc(I)cc2)C1. The third kappa shape index (κ3) is 4.21. The van der Waals surface area contributed by atoms with Crippen molar-refractivity contribution in [3.8, 4) is 0 Å². The van der Waals surface area contributed by atoms with E-state index in [1.54, 1.807) is 0 Å². The standard InChI is InChI=1S/C15H22INO/c1-2-18-15-9-12(10-15)8-14(17)7-11-3-5-13(16)6-4-11/h3-6,12,14-15H,2,7-10,17H2,1H3. The monoisotopic (exact) mass is 359 g/mol. The van der Waals surface area contributed by atoms with E-state index in [9.17, 15) is 0 Å². The Morgan fingerprint density at radius 1 is 1.33 bits per heavy atom. The van der Waals surface area contributed by atoms with E-state index in [-0.39, 0.29) is 6.04 Å². The summed E-state index contributed by atoms with van der Waals surface area (Å²) in [5.41, 5.74) is 7.58. The highest BCUT2D eigenvalue weighted by molar-refractivity contribution is 14.1.